The highest BCUT2D eigenvalue weighted by Gasteiger charge is 2.22. The molecule has 0 aliphatic heterocycles. The molecule has 0 atom stereocenters. The topological polar surface area (TPSA) is 58.2 Å². The van der Waals surface area contributed by atoms with Crippen molar-refractivity contribution >= 4 is 34.5 Å². The van der Waals surface area contributed by atoms with Gasteiger partial charge in [0.2, 0.25) is 5.91 Å². The SMILES string of the molecule is O=C(Nc1ccc(NC(=O)C(c2ccccc2)c2ccccc2)cc1)c1cccs1. The van der Waals surface area contributed by atoms with Crippen LogP contribution in [0, 0.1) is 0 Å². The van der Waals surface area contributed by atoms with Crippen LogP contribution in [0.1, 0.15) is 26.7 Å². The Labute approximate surface area is 179 Å². The van der Waals surface area contributed by atoms with Crippen molar-refractivity contribution in [2.45, 2.75) is 5.92 Å². The molecule has 3 aromatic carbocycles. The second-order valence-electron chi connectivity index (χ2n) is 6.75. The molecule has 5 heteroatoms. The summed E-state index contributed by atoms with van der Waals surface area (Å²) in [4.78, 5) is 26.0. The third kappa shape index (κ3) is 4.64. The molecule has 4 rings (SSSR count). The lowest BCUT2D eigenvalue weighted by molar-refractivity contribution is -0.116. The van der Waals surface area contributed by atoms with E-state index in [2.05, 4.69) is 10.6 Å². The fourth-order valence-corrected chi connectivity index (χ4v) is 3.86. The van der Waals surface area contributed by atoms with Gasteiger partial charge in [0, 0.05) is 11.4 Å². The van der Waals surface area contributed by atoms with Gasteiger partial charge in [-0.1, -0.05) is 66.7 Å². The minimum atomic E-state index is -0.411. The molecule has 0 unspecified atom stereocenters. The number of carbonyl (C=O) groups is 2. The molecule has 0 aliphatic carbocycles. The first kappa shape index (κ1) is 19.6. The van der Waals surface area contributed by atoms with Crippen molar-refractivity contribution in [2.24, 2.45) is 0 Å². The number of amides is 2. The Morgan fingerprint density at radius 1 is 0.633 bits per heavy atom. The highest BCUT2D eigenvalue weighted by molar-refractivity contribution is 7.12. The van der Waals surface area contributed by atoms with Crippen LogP contribution in [0.3, 0.4) is 0 Å². The molecule has 30 heavy (non-hydrogen) atoms. The molecule has 0 spiro atoms. The third-order valence-corrected chi connectivity index (χ3v) is 5.55. The highest BCUT2D eigenvalue weighted by atomic mass is 32.1. The minimum absolute atomic E-state index is 0.109. The predicted octanol–water partition coefficient (Wildman–Crippen LogP) is 5.77. The van der Waals surface area contributed by atoms with Gasteiger partial charge in [0.1, 0.15) is 0 Å². The maximum Gasteiger partial charge on any atom is 0.265 e. The van der Waals surface area contributed by atoms with Crippen LogP contribution in [0.2, 0.25) is 0 Å². The molecule has 1 aromatic heterocycles. The van der Waals surface area contributed by atoms with Crippen LogP contribution in [0.15, 0.2) is 102 Å². The first-order chi connectivity index (χ1) is 14.7. The van der Waals surface area contributed by atoms with E-state index in [1.54, 1.807) is 30.3 Å². The van der Waals surface area contributed by atoms with Crippen LogP contribution in [0.5, 0.6) is 0 Å². The van der Waals surface area contributed by atoms with Crippen LogP contribution >= 0.6 is 11.3 Å². The van der Waals surface area contributed by atoms with E-state index in [1.165, 1.54) is 11.3 Å². The standard InChI is InChI=1S/C25H20N2O2S/c28-24(22-12-7-17-30-22)26-20-13-15-21(16-14-20)27-25(29)23(18-8-3-1-4-9-18)19-10-5-2-6-11-19/h1-17,23H,(H,26,28)(H,27,29). The van der Waals surface area contributed by atoms with Gasteiger partial charge in [-0.25, -0.2) is 0 Å². The maximum absolute atomic E-state index is 13.2. The Bertz CT molecular complexity index is 1070. The molecule has 0 saturated heterocycles. The molecule has 1 heterocycles. The van der Waals surface area contributed by atoms with Gasteiger partial charge in [0.05, 0.1) is 10.8 Å². The quantitative estimate of drug-likeness (QED) is 0.422. The van der Waals surface area contributed by atoms with Crippen LogP contribution in [-0.2, 0) is 4.79 Å². The summed E-state index contributed by atoms with van der Waals surface area (Å²) in [6.45, 7) is 0. The van der Waals surface area contributed by atoms with Crippen molar-refractivity contribution in [1.29, 1.82) is 0 Å². The number of benzene rings is 3. The number of hydrogen-bond donors (Lipinski definition) is 2. The number of anilines is 2. The van der Waals surface area contributed by atoms with E-state index in [4.69, 9.17) is 0 Å². The molecule has 0 radical (unpaired) electrons. The summed E-state index contributed by atoms with van der Waals surface area (Å²) in [6, 6.07) is 30.2. The second kappa shape index (κ2) is 9.20. The average Bonchev–Trinajstić information content (AvgIpc) is 3.32. The third-order valence-electron chi connectivity index (χ3n) is 4.68. The molecular weight excluding hydrogens is 392 g/mol. The van der Waals surface area contributed by atoms with Crippen molar-refractivity contribution in [1.82, 2.24) is 0 Å². The van der Waals surface area contributed by atoms with E-state index < -0.39 is 5.92 Å². The number of nitrogens with one attached hydrogen (secondary N) is 2. The minimum Gasteiger partial charge on any atom is -0.325 e. The van der Waals surface area contributed by atoms with Gasteiger partial charge in [0.15, 0.2) is 0 Å². The molecular formula is C25H20N2O2S. The molecule has 4 aromatic rings. The van der Waals surface area contributed by atoms with Crippen LogP contribution in [0.4, 0.5) is 11.4 Å². The Balaban J connectivity index is 1.49. The fourth-order valence-electron chi connectivity index (χ4n) is 3.24. The first-order valence-electron chi connectivity index (χ1n) is 9.56. The Kier molecular flexibility index (Phi) is 6.01. The van der Waals surface area contributed by atoms with Crippen LogP contribution < -0.4 is 10.6 Å². The summed E-state index contributed by atoms with van der Waals surface area (Å²) >= 11 is 1.39. The van der Waals surface area contributed by atoms with Gasteiger partial charge in [-0.05, 0) is 46.8 Å². The molecule has 0 bridgehead atoms. The van der Waals surface area contributed by atoms with Crippen molar-refractivity contribution in [3.63, 3.8) is 0 Å². The summed E-state index contributed by atoms with van der Waals surface area (Å²) in [5.41, 5.74) is 3.21. The first-order valence-corrected chi connectivity index (χ1v) is 10.4. The molecule has 0 fully saturated rings. The maximum atomic E-state index is 13.2. The van der Waals surface area contributed by atoms with Gasteiger partial charge in [-0.3, -0.25) is 9.59 Å². The molecule has 0 saturated carbocycles. The zero-order valence-corrected chi connectivity index (χ0v) is 16.9. The van der Waals surface area contributed by atoms with E-state index in [9.17, 15) is 9.59 Å². The zero-order valence-electron chi connectivity index (χ0n) is 16.1. The second-order valence-corrected chi connectivity index (χ2v) is 7.70. The van der Waals surface area contributed by atoms with Crippen molar-refractivity contribution in [3.05, 3.63) is 118 Å². The molecule has 0 aliphatic rings. The van der Waals surface area contributed by atoms with Crippen molar-refractivity contribution < 1.29 is 9.59 Å². The van der Waals surface area contributed by atoms with Gasteiger partial charge in [-0.2, -0.15) is 0 Å². The predicted molar refractivity (Wildman–Crippen MR) is 122 cm³/mol. The van der Waals surface area contributed by atoms with Crippen LogP contribution in [0.25, 0.3) is 0 Å². The molecule has 2 N–H and O–H groups in total. The lowest BCUT2D eigenvalue weighted by Crippen LogP contribution is -2.22. The van der Waals surface area contributed by atoms with E-state index in [0.717, 1.165) is 11.1 Å². The molecule has 2 amide bonds. The number of rotatable bonds is 6. The normalized spacial score (nSPS) is 10.6. The molecule has 4 nitrogen and oxygen atoms in total. The fraction of sp³-hybridized carbons (Fsp3) is 0.0400. The highest BCUT2D eigenvalue weighted by Crippen LogP contribution is 2.26. The van der Waals surface area contributed by atoms with Crippen molar-refractivity contribution in [2.75, 3.05) is 10.6 Å². The zero-order chi connectivity index (χ0) is 20.8. The van der Waals surface area contributed by atoms with Crippen molar-refractivity contribution in [3.8, 4) is 0 Å². The largest absolute Gasteiger partial charge is 0.325 e. The summed E-state index contributed by atoms with van der Waals surface area (Å²) in [5.74, 6) is -0.664. The average molecular weight is 413 g/mol. The Hall–Kier alpha value is -3.70. The van der Waals surface area contributed by atoms with E-state index in [-0.39, 0.29) is 11.8 Å². The Morgan fingerprint density at radius 2 is 1.17 bits per heavy atom. The lowest BCUT2D eigenvalue weighted by Gasteiger charge is -2.18. The number of thiophene rings is 1. The van der Waals surface area contributed by atoms with Gasteiger partial charge >= 0.3 is 0 Å². The number of carbonyl (C=O) groups excluding carboxylic acids is 2. The van der Waals surface area contributed by atoms with Crippen LogP contribution in [-0.4, -0.2) is 11.8 Å². The Morgan fingerprint density at radius 3 is 1.67 bits per heavy atom. The van der Waals surface area contributed by atoms with E-state index in [1.807, 2.05) is 72.1 Å². The number of hydrogen-bond acceptors (Lipinski definition) is 3. The van der Waals surface area contributed by atoms with E-state index >= 15 is 0 Å². The summed E-state index contributed by atoms with van der Waals surface area (Å²) in [5, 5.41) is 7.72. The monoisotopic (exact) mass is 412 g/mol. The molecule has 148 valence electrons. The van der Waals surface area contributed by atoms with Gasteiger partial charge < -0.3 is 10.6 Å². The van der Waals surface area contributed by atoms with Gasteiger partial charge in [-0.15, -0.1) is 11.3 Å². The summed E-state index contributed by atoms with van der Waals surface area (Å²) in [6.07, 6.45) is 0. The van der Waals surface area contributed by atoms with Gasteiger partial charge in [0.25, 0.3) is 5.91 Å². The van der Waals surface area contributed by atoms with E-state index in [0.29, 0.717) is 16.3 Å². The lowest BCUT2D eigenvalue weighted by atomic mass is 9.90. The summed E-state index contributed by atoms with van der Waals surface area (Å²) in [7, 11) is 0. The smallest absolute Gasteiger partial charge is 0.265 e. The summed E-state index contributed by atoms with van der Waals surface area (Å²) < 4.78 is 0.